The molecule has 1 amide bonds. The van der Waals surface area contributed by atoms with Crippen LogP contribution in [0.1, 0.15) is 25.8 Å². The molecule has 0 saturated carbocycles. The normalized spacial score (nSPS) is 10.4. The van der Waals surface area contributed by atoms with Crippen molar-refractivity contribution in [3.63, 3.8) is 0 Å². The lowest BCUT2D eigenvalue weighted by Crippen LogP contribution is -2.37. The Morgan fingerprint density at radius 3 is 2.52 bits per heavy atom. The highest BCUT2D eigenvalue weighted by atomic mass is 16.6. The summed E-state index contributed by atoms with van der Waals surface area (Å²) in [6.07, 6.45) is 0.0386. The van der Waals surface area contributed by atoms with Gasteiger partial charge in [0.2, 0.25) is 5.91 Å². The van der Waals surface area contributed by atoms with Crippen molar-refractivity contribution in [1.82, 2.24) is 4.90 Å². The van der Waals surface area contributed by atoms with Crippen LogP contribution in [0, 0.1) is 16.0 Å². The summed E-state index contributed by atoms with van der Waals surface area (Å²) < 4.78 is 4.59. The largest absolute Gasteiger partial charge is 0.469 e. The SMILES string of the molecule is COC(=O)CCN(CC(C)C)C(=O)Cc1ccccc1[N+](=O)[O-]. The van der Waals surface area contributed by atoms with Crippen molar-refractivity contribution in [2.24, 2.45) is 5.92 Å². The summed E-state index contributed by atoms with van der Waals surface area (Å²) >= 11 is 0. The zero-order valence-electron chi connectivity index (χ0n) is 13.7. The second-order valence-corrected chi connectivity index (χ2v) is 5.62. The molecule has 0 aliphatic heterocycles. The Labute approximate surface area is 135 Å². The van der Waals surface area contributed by atoms with E-state index in [1.165, 1.54) is 13.2 Å². The fraction of sp³-hybridized carbons (Fsp3) is 0.500. The Morgan fingerprint density at radius 1 is 1.30 bits per heavy atom. The number of methoxy groups -OCH3 is 1. The summed E-state index contributed by atoms with van der Waals surface area (Å²) in [7, 11) is 1.30. The number of nitro benzene ring substituents is 1. The maximum Gasteiger partial charge on any atom is 0.307 e. The summed E-state index contributed by atoms with van der Waals surface area (Å²) in [4.78, 5) is 35.8. The molecule has 0 unspecified atom stereocenters. The fourth-order valence-electron chi connectivity index (χ4n) is 2.20. The summed E-state index contributed by atoms with van der Waals surface area (Å²) in [6, 6.07) is 6.18. The van der Waals surface area contributed by atoms with Crippen LogP contribution in [0.3, 0.4) is 0 Å². The molecule has 1 aromatic rings. The molecule has 0 radical (unpaired) electrons. The number of carbonyl (C=O) groups is 2. The standard InChI is InChI=1S/C16H22N2O5/c1-12(2)11-17(9-8-16(20)23-3)15(19)10-13-6-4-5-7-14(13)18(21)22/h4-7,12H,8-11H2,1-3H3. The molecule has 0 bridgehead atoms. The van der Waals surface area contributed by atoms with Gasteiger partial charge < -0.3 is 9.64 Å². The molecule has 0 heterocycles. The zero-order chi connectivity index (χ0) is 17.4. The van der Waals surface area contributed by atoms with Crippen molar-refractivity contribution in [3.05, 3.63) is 39.9 Å². The third kappa shape index (κ3) is 6.06. The predicted octanol–water partition coefficient (Wildman–Crippen LogP) is 2.18. The van der Waals surface area contributed by atoms with Gasteiger partial charge in [0, 0.05) is 24.7 Å². The number of carbonyl (C=O) groups excluding carboxylic acids is 2. The van der Waals surface area contributed by atoms with Crippen LogP contribution in [0.4, 0.5) is 5.69 Å². The van der Waals surface area contributed by atoms with E-state index in [1.54, 1.807) is 23.1 Å². The van der Waals surface area contributed by atoms with Gasteiger partial charge in [-0.2, -0.15) is 0 Å². The van der Waals surface area contributed by atoms with Gasteiger partial charge in [0.25, 0.3) is 5.69 Å². The van der Waals surface area contributed by atoms with Crippen molar-refractivity contribution < 1.29 is 19.2 Å². The van der Waals surface area contributed by atoms with E-state index in [0.29, 0.717) is 12.1 Å². The Kier molecular flexibility index (Phi) is 7.18. The third-order valence-corrected chi connectivity index (χ3v) is 3.28. The molecule has 0 saturated heterocycles. The van der Waals surface area contributed by atoms with Crippen LogP contribution in [0.15, 0.2) is 24.3 Å². The van der Waals surface area contributed by atoms with Crippen LogP contribution < -0.4 is 0 Å². The number of amides is 1. The maximum atomic E-state index is 12.5. The van der Waals surface area contributed by atoms with E-state index in [-0.39, 0.29) is 36.9 Å². The topological polar surface area (TPSA) is 89.8 Å². The van der Waals surface area contributed by atoms with Crippen molar-refractivity contribution in [3.8, 4) is 0 Å². The molecule has 0 N–H and O–H groups in total. The van der Waals surface area contributed by atoms with Crippen LogP contribution in [-0.2, 0) is 20.7 Å². The Morgan fingerprint density at radius 2 is 1.96 bits per heavy atom. The molecule has 7 nitrogen and oxygen atoms in total. The van der Waals surface area contributed by atoms with Gasteiger partial charge >= 0.3 is 5.97 Å². The van der Waals surface area contributed by atoms with Crippen molar-refractivity contribution in [1.29, 1.82) is 0 Å². The van der Waals surface area contributed by atoms with Crippen molar-refractivity contribution >= 4 is 17.6 Å². The first-order valence-corrected chi connectivity index (χ1v) is 7.42. The van der Waals surface area contributed by atoms with Crippen LogP contribution in [0.25, 0.3) is 0 Å². The minimum absolute atomic E-state index is 0.0644. The molecule has 126 valence electrons. The first-order chi connectivity index (χ1) is 10.8. The number of hydrogen-bond donors (Lipinski definition) is 0. The number of ether oxygens (including phenoxy) is 1. The molecule has 0 aliphatic carbocycles. The highest BCUT2D eigenvalue weighted by Crippen LogP contribution is 2.19. The highest BCUT2D eigenvalue weighted by molar-refractivity contribution is 5.80. The monoisotopic (exact) mass is 322 g/mol. The highest BCUT2D eigenvalue weighted by Gasteiger charge is 2.21. The number of esters is 1. The summed E-state index contributed by atoms with van der Waals surface area (Å²) in [5.74, 6) is -0.406. The van der Waals surface area contributed by atoms with Gasteiger partial charge in [0.05, 0.1) is 24.9 Å². The minimum Gasteiger partial charge on any atom is -0.469 e. The Balaban J connectivity index is 2.84. The van der Waals surface area contributed by atoms with E-state index in [0.717, 1.165) is 0 Å². The molecule has 0 fully saturated rings. The number of nitro groups is 1. The molecule has 1 aromatic carbocycles. The first-order valence-electron chi connectivity index (χ1n) is 7.42. The first kappa shape index (κ1) is 18.6. The van der Waals surface area contributed by atoms with Crippen LogP contribution >= 0.6 is 0 Å². The van der Waals surface area contributed by atoms with E-state index < -0.39 is 10.9 Å². The smallest absolute Gasteiger partial charge is 0.307 e. The average molecular weight is 322 g/mol. The van der Waals surface area contributed by atoms with E-state index >= 15 is 0 Å². The van der Waals surface area contributed by atoms with Crippen LogP contribution in [0.5, 0.6) is 0 Å². The van der Waals surface area contributed by atoms with Gasteiger partial charge in [0.1, 0.15) is 0 Å². The molecular formula is C16H22N2O5. The van der Waals surface area contributed by atoms with Gasteiger partial charge in [0.15, 0.2) is 0 Å². The number of benzene rings is 1. The second-order valence-electron chi connectivity index (χ2n) is 5.62. The molecular weight excluding hydrogens is 300 g/mol. The van der Waals surface area contributed by atoms with Crippen molar-refractivity contribution in [2.45, 2.75) is 26.7 Å². The number of rotatable bonds is 8. The molecule has 0 aliphatic rings. The fourth-order valence-corrected chi connectivity index (χ4v) is 2.20. The quantitative estimate of drug-likeness (QED) is 0.416. The predicted molar refractivity (Wildman–Crippen MR) is 84.9 cm³/mol. The van der Waals surface area contributed by atoms with Crippen LogP contribution in [0.2, 0.25) is 0 Å². The second kappa shape index (κ2) is 8.87. The Bertz CT molecular complexity index is 571. The van der Waals surface area contributed by atoms with E-state index in [1.807, 2.05) is 13.8 Å². The van der Waals surface area contributed by atoms with Gasteiger partial charge in [-0.15, -0.1) is 0 Å². The lowest BCUT2D eigenvalue weighted by molar-refractivity contribution is -0.385. The summed E-state index contributed by atoms with van der Waals surface area (Å²) in [5.41, 5.74) is 0.299. The Hall–Kier alpha value is -2.44. The van der Waals surface area contributed by atoms with E-state index in [4.69, 9.17) is 0 Å². The van der Waals surface area contributed by atoms with Gasteiger partial charge in [-0.3, -0.25) is 19.7 Å². The van der Waals surface area contributed by atoms with E-state index in [2.05, 4.69) is 4.74 Å². The lowest BCUT2D eigenvalue weighted by Gasteiger charge is -2.24. The molecule has 1 rings (SSSR count). The van der Waals surface area contributed by atoms with Gasteiger partial charge in [-0.1, -0.05) is 32.0 Å². The van der Waals surface area contributed by atoms with Gasteiger partial charge in [-0.25, -0.2) is 0 Å². The molecule has 0 spiro atoms. The van der Waals surface area contributed by atoms with E-state index in [9.17, 15) is 19.7 Å². The molecule has 23 heavy (non-hydrogen) atoms. The maximum absolute atomic E-state index is 12.5. The van der Waals surface area contributed by atoms with Crippen LogP contribution in [-0.4, -0.2) is 41.9 Å². The minimum atomic E-state index is -0.496. The zero-order valence-corrected chi connectivity index (χ0v) is 13.7. The third-order valence-electron chi connectivity index (χ3n) is 3.28. The molecule has 7 heteroatoms. The lowest BCUT2D eigenvalue weighted by atomic mass is 10.1. The average Bonchev–Trinajstić information content (AvgIpc) is 2.50. The summed E-state index contributed by atoms with van der Waals surface area (Å²) in [5, 5.41) is 11.0. The number of hydrogen-bond acceptors (Lipinski definition) is 5. The number of nitrogens with zero attached hydrogens (tertiary/aromatic N) is 2. The summed E-state index contributed by atoms with van der Waals surface area (Å²) in [6.45, 7) is 4.65. The van der Waals surface area contributed by atoms with Crippen molar-refractivity contribution in [2.75, 3.05) is 20.2 Å². The van der Waals surface area contributed by atoms with Gasteiger partial charge in [-0.05, 0) is 5.92 Å². The molecule has 0 aromatic heterocycles. The molecule has 0 atom stereocenters. The number of para-hydroxylation sites is 1.